The van der Waals surface area contributed by atoms with Gasteiger partial charge in [-0.1, -0.05) is 48.5 Å². The SMILES string of the molecule is O=C(O)CCOc1ccc2nc(-c3ccccc3)n(-c3ccccc3)c2c1. The largest absolute Gasteiger partial charge is 0.493 e. The number of ether oxygens (including phenoxy) is 1. The molecular weight excluding hydrogens is 340 g/mol. The summed E-state index contributed by atoms with van der Waals surface area (Å²) in [5.41, 5.74) is 3.78. The molecule has 0 aliphatic rings. The second-order valence-corrected chi connectivity index (χ2v) is 6.12. The minimum absolute atomic E-state index is 0.0365. The first-order valence-electron chi connectivity index (χ1n) is 8.70. The lowest BCUT2D eigenvalue weighted by Gasteiger charge is -2.10. The van der Waals surface area contributed by atoms with Crippen LogP contribution in [0.5, 0.6) is 5.75 Å². The summed E-state index contributed by atoms with van der Waals surface area (Å²) in [5, 5.41) is 8.79. The van der Waals surface area contributed by atoms with Gasteiger partial charge >= 0.3 is 5.97 Å². The number of rotatable bonds is 6. The minimum atomic E-state index is -0.878. The first-order valence-corrected chi connectivity index (χ1v) is 8.70. The number of carboxylic acid groups (broad SMARTS) is 1. The van der Waals surface area contributed by atoms with Gasteiger partial charge in [0.25, 0.3) is 0 Å². The Hall–Kier alpha value is -3.60. The number of aromatic nitrogens is 2. The molecule has 134 valence electrons. The Bertz CT molecular complexity index is 1070. The molecule has 1 aromatic heterocycles. The van der Waals surface area contributed by atoms with Crippen molar-refractivity contribution in [1.29, 1.82) is 0 Å². The molecule has 1 N–H and O–H groups in total. The Kier molecular flexibility index (Phi) is 4.58. The van der Waals surface area contributed by atoms with Crippen molar-refractivity contribution < 1.29 is 14.6 Å². The van der Waals surface area contributed by atoms with E-state index in [1.54, 1.807) is 0 Å². The second-order valence-electron chi connectivity index (χ2n) is 6.12. The van der Waals surface area contributed by atoms with Crippen LogP contribution in [0.2, 0.25) is 0 Å². The zero-order valence-electron chi connectivity index (χ0n) is 14.6. The highest BCUT2D eigenvalue weighted by Gasteiger charge is 2.15. The van der Waals surface area contributed by atoms with Gasteiger partial charge in [0.05, 0.1) is 24.1 Å². The Labute approximate surface area is 156 Å². The van der Waals surface area contributed by atoms with Crippen molar-refractivity contribution in [2.24, 2.45) is 0 Å². The van der Waals surface area contributed by atoms with Crippen molar-refractivity contribution >= 4 is 17.0 Å². The first kappa shape index (κ1) is 16.8. The molecule has 4 rings (SSSR count). The highest BCUT2D eigenvalue weighted by Crippen LogP contribution is 2.30. The summed E-state index contributed by atoms with van der Waals surface area (Å²) >= 11 is 0. The molecular formula is C22H18N2O3. The number of fused-ring (bicyclic) bond motifs is 1. The average molecular weight is 358 g/mol. The molecule has 0 saturated carbocycles. The predicted molar refractivity (Wildman–Crippen MR) is 104 cm³/mol. The Morgan fingerprint density at radius 2 is 1.67 bits per heavy atom. The van der Waals surface area contributed by atoms with Gasteiger partial charge < -0.3 is 9.84 Å². The fourth-order valence-electron chi connectivity index (χ4n) is 3.02. The number of aliphatic carboxylic acids is 1. The zero-order valence-corrected chi connectivity index (χ0v) is 14.6. The number of benzene rings is 3. The summed E-state index contributed by atoms with van der Waals surface area (Å²) in [5.74, 6) is 0.594. The Morgan fingerprint density at radius 3 is 2.37 bits per heavy atom. The standard InChI is InChI=1S/C22H18N2O3/c25-21(26)13-14-27-18-11-12-19-20(15-18)24(17-9-5-2-6-10-17)22(23-19)16-7-3-1-4-8-16/h1-12,15H,13-14H2,(H,25,26). The highest BCUT2D eigenvalue weighted by atomic mass is 16.5. The van der Waals surface area contributed by atoms with E-state index in [-0.39, 0.29) is 13.0 Å². The van der Waals surface area contributed by atoms with E-state index in [1.165, 1.54) is 0 Å². The minimum Gasteiger partial charge on any atom is -0.493 e. The molecule has 0 aliphatic heterocycles. The molecule has 0 aliphatic carbocycles. The molecule has 0 atom stereocenters. The number of carbonyl (C=O) groups is 1. The van der Waals surface area contributed by atoms with E-state index in [1.807, 2.05) is 78.9 Å². The number of imidazole rings is 1. The molecule has 0 unspecified atom stereocenters. The van der Waals surface area contributed by atoms with Crippen LogP contribution in [0.1, 0.15) is 6.42 Å². The number of hydrogen-bond acceptors (Lipinski definition) is 3. The molecule has 27 heavy (non-hydrogen) atoms. The zero-order chi connectivity index (χ0) is 18.6. The van der Waals surface area contributed by atoms with Crippen LogP contribution in [-0.2, 0) is 4.79 Å². The molecule has 0 spiro atoms. The van der Waals surface area contributed by atoms with E-state index in [2.05, 4.69) is 4.57 Å². The summed E-state index contributed by atoms with van der Waals surface area (Å²) in [6.07, 6.45) is -0.0365. The van der Waals surface area contributed by atoms with Crippen LogP contribution < -0.4 is 4.74 Å². The van der Waals surface area contributed by atoms with Gasteiger partial charge in [0.15, 0.2) is 0 Å². The molecule has 3 aromatic carbocycles. The lowest BCUT2D eigenvalue weighted by Crippen LogP contribution is -2.04. The summed E-state index contributed by atoms with van der Waals surface area (Å²) in [6, 6.07) is 25.7. The molecule has 0 fully saturated rings. The summed E-state index contributed by atoms with van der Waals surface area (Å²) < 4.78 is 7.70. The molecule has 0 saturated heterocycles. The maximum absolute atomic E-state index is 10.7. The fraction of sp³-hybridized carbons (Fsp3) is 0.0909. The van der Waals surface area contributed by atoms with E-state index >= 15 is 0 Å². The van der Waals surface area contributed by atoms with E-state index in [4.69, 9.17) is 14.8 Å². The van der Waals surface area contributed by atoms with Gasteiger partial charge in [0, 0.05) is 17.3 Å². The smallest absolute Gasteiger partial charge is 0.306 e. The third-order valence-corrected chi connectivity index (χ3v) is 4.26. The number of para-hydroxylation sites is 1. The average Bonchev–Trinajstić information content (AvgIpc) is 3.08. The van der Waals surface area contributed by atoms with Crippen LogP contribution in [0.4, 0.5) is 0 Å². The summed E-state index contributed by atoms with van der Waals surface area (Å²) in [7, 11) is 0. The lowest BCUT2D eigenvalue weighted by atomic mass is 10.2. The van der Waals surface area contributed by atoms with Crippen LogP contribution in [0.25, 0.3) is 28.1 Å². The van der Waals surface area contributed by atoms with E-state index in [9.17, 15) is 4.79 Å². The molecule has 4 aromatic rings. The summed E-state index contributed by atoms with van der Waals surface area (Å²) in [4.78, 5) is 15.5. The van der Waals surface area contributed by atoms with Gasteiger partial charge in [0.1, 0.15) is 11.6 Å². The Balaban J connectivity index is 1.84. The molecule has 5 nitrogen and oxygen atoms in total. The van der Waals surface area contributed by atoms with E-state index in [0.717, 1.165) is 28.1 Å². The maximum atomic E-state index is 10.7. The molecule has 5 heteroatoms. The molecule has 0 radical (unpaired) electrons. The van der Waals surface area contributed by atoms with Gasteiger partial charge in [-0.05, 0) is 24.3 Å². The first-order chi connectivity index (χ1) is 13.2. The number of nitrogens with zero attached hydrogens (tertiary/aromatic N) is 2. The van der Waals surface area contributed by atoms with Gasteiger partial charge in [-0.3, -0.25) is 9.36 Å². The molecule has 0 bridgehead atoms. The third-order valence-electron chi connectivity index (χ3n) is 4.26. The van der Waals surface area contributed by atoms with Crippen molar-refractivity contribution in [2.45, 2.75) is 6.42 Å². The van der Waals surface area contributed by atoms with Crippen molar-refractivity contribution in [3.63, 3.8) is 0 Å². The van der Waals surface area contributed by atoms with Crippen molar-refractivity contribution in [1.82, 2.24) is 9.55 Å². The fourth-order valence-corrected chi connectivity index (χ4v) is 3.02. The van der Waals surface area contributed by atoms with Crippen LogP contribution in [0.15, 0.2) is 78.9 Å². The quantitative estimate of drug-likeness (QED) is 0.549. The number of hydrogen-bond donors (Lipinski definition) is 1. The van der Waals surface area contributed by atoms with Gasteiger partial charge in [0.2, 0.25) is 0 Å². The second kappa shape index (κ2) is 7.33. The van der Waals surface area contributed by atoms with Crippen molar-refractivity contribution in [3.05, 3.63) is 78.9 Å². The van der Waals surface area contributed by atoms with Crippen LogP contribution >= 0.6 is 0 Å². The topological polar surface area (TPSA) is 64.3 Å². The Morgan fingerprint density at radius 1 is 0.963 bits per heavy atom. The van der Waals surface area contributed by atoms with Gasteiger partial charge in [-0.25, -0.2) is 4.98 Å². The van der Waals surface area contributed by atoms with Gasteiger partial charge in [-0.15, -0.1) is 0 Å². The molecule has 1 heterocycles. The number of carboxylic acids is 1. The van der Waals surface area contributed by atoms with Crippen molar-refractivity contribution in [2.75, 3.05) is 6.61 Å². The highest BCUT2D eigenvalue weighted by molar-refractivity contribution is 5.84. The molecule has 0 amide bonds. The van der Waals surface area contributed by atoms with Crippen LogP contribution in [0, 0.1) is 0 Å². The van der Waals surface area contributed by atoms with E-state index < -0.39 is 5.97 Å². The summed E-state index contributed by atoms with van der Waals surface area (Å²) in [6.45, 7) is 0.131. The third kappa shape index (κ3) is 3.53. The monoisotopic (exact) mass is 358 g/mol. The van der Waals surface area contributed by atoms with Gasteiger partial charge in [-0.2, -0.15) is 0 Å². The maximum Gasteiger partial charge on any atom is 0.306 e. The normalized spacial score (nSPS) is 10.8. The van der Waals surface area contributed by atoms with Crippen molar-refractivity contribution in [3.8, 4) is 22.8 Å². The predicted octanol–water partition coefficient (Wildman–Crippen LogP) is 4.55. The van der Waals surface area contributed by atoms with Crippen LogP contribution in [0.3, 0.4) is 0 Å². The van der Waals surface area contributed by atoms with Crippen LogP contribution in [-0.4, -0.2) is 27.2 Å². The van der Waals surface area contributed by atoms with E-state index in [0.29, 0.717) is 5.75 Å². The lowest BCUT2D eigenvalue weighted by molar-refractivity contribution is -0.137.